The van der Waals surface area contributed by atoms with E-state index in [-0.39, 0.29) is 28.3 Å². The number of carboxylic acid groups (broad SMARTS) is 1. The molecule has 7 nitrogen and oxygen atoms in total. The molecule has 27 heavy (non-hydrogen) atoms. The zero-order valence-corrected chi connectivity index (χ0v) is 15.5. The fourth-order valence-corrected chi connectivity index (χ4v) is 4.41. The van der Waals surface area contributed by atoms with Gasteiger partial charge in [0, 0.05) is 13.1 Å². The van der Waals surface area contributed by atoms with Crippen molar-refractivity contribution >= 4 is 33.4 Å². The number of aryl methyl sites for hydroxylation is 1. The minimum absolute atomic E-state index is 0.103. The van der Waals surface area contributed by atoms with Crippen molar-refractivity contribution in [3.8, 4) is 0 Å². The van der Waals surface area contributed by atoms with Crippen LogP contribution < -0.4 is 5.56 Å². The fourth-order valence-electron chi connectivity index (χ4n) is 3.43. The summed E-state index contributed by atoms with van der Waals surface area (Å²) in [6.45, 7) is 2.63. The maximum atomic E-state index is 12.8. The molecule has 0 bridgehead atoms. The first-order chi connectivity index (χ1) is 13.0. The van der Waals surface area contributed by atoms with Crippen molar-refractivity contribution in [3.63, 3.8) is 0 Å². The van der Waals surface area contributed by atoms with Gasteiger partial charge in [-0.05, 0) is 30.0 Å². The number of aromatic carboxylic acids is 1. The summed E-state index contributed by atoms with van der Waals surface area (Å²) in [5.74, 6) is -1.23. The first-order valence-corrected chi connectivity index (χ1v) is 9.33. The number of fused-ring (bicyclic) bond motifs is 2. The van der Waals surface area contributed by atoms with Crippen LogP contribution in [0, 0.1) is 6.92 Å². The molecule has 3 heterocycles. The highest BCUT2D eigenvalue weighted by Crippen LogP contribution is 2.26. The summed E-state index contributed by atoms with van der Waals surface area (Å²) < 4.78 is 1.26. The zero-order valence-electron chi connectivity index (χ0n) is 14.6. The Balaban J connectivity index is 1.61. The summed E-state index contributed by atoms with van der Waals surface area (Å²) in [6.07, 6.45) is 2.11. The third-order valence-electron chi connectivity index (χ3n) is 4.90. The molecule has 0 fully saturated rings. The van der Waals surface area contributed by atoms with Crippen molar-refractivity contribution < 1.29 is 14.7 Å². The molecule has 0 spiro atoms. The van der Waals surface area contributed by atoms with E-state index in [1.807, 2.05) is 18.2 Å². The Morgan fingerprint density at radius 1 is 1.26 bits per heavy atom. The standard InChI is InChI=1S/C19H17N3O4S/c1-11-15-17(27-16(11)19(25)26)20-10-22(18(15)24)9-14(23)21-7-6-12-4-2-3-5-13(12)8-21/h2-5,10H,6-9H2,1H3,(H,25,26). The number of aromatic nitrogens is 2. The third-order valence-corrected chi connectivity index (χ3v) is 6.09. The second kappa shape index (κ2) is 6.62. The van der Waals surface area contributed by atoms with Crippen molar-refractivity contribution in [1.29, 1.82) is 0 Å². The molecule has 0 saturated heterocycles. The normalized spacial score (nSPS) is 13.6. The van der Waals surface area contributed by atoms with Crippen LogP contribution in [0.2, 0.25) is 0 Å². The van der Waals surface area contributed by atoms with E-state index in [1.165, 1.54) is 16.5 Å². The highest BCUT2D eigenvalue weighted by Gasteiger charge is 2.23. The van der Waals surface area contributed by atoms with Crippen molar-refractivity contribution in [3.05, 3.63) is 62.5 Å². The van der Waals surface area contributed by atoms with Gasteiger partial charge in [0.25, 0.3) is 5.56 Å². The van der Waals surface area contributed by atoms with Gasteiger partial charge in [0.05, 0.1) is 11.7 Å². The molecule has 0 aliphatic carbocycles. The first-order valence-electron chi connectivity index (χ1n) is 8.52. The SMILES string of the molecule is Cc1c(C(=O)O)sc2ncn(CC(=O)N3CCc4ccccc4C3)c(=O)c12. The molecule has 1 aromatic carbocycles. The summed E-state index contributed by atoms with van der Waals surface area (Å²) in [5, 5.41) is 9.51. The highest BCUT2D eigenvalue weighted by atomic mass is 32.1. The Bertz CT molecular complexity index is 1130. The Morgan fingerprint density at radius 3 is 2.74 bits per heavy atom. The van der Waals surface area contributed by atoms with Crippen LogP contribution >= 0.6 is 11.3 Å². The van der Waals surface area contributed by atoms with Gasteiger partial charge < -0.3 is 10.0 Å². The van der Waals surface area contributed by atoms with Crippen LogP contribution in [-0.2, 0) is 24.3 Å². The molecule has 0 radical (unpaired) electrons. The number of carbonyl (C=O) groups excluding carboxylic acids is 1. The smallest absolute Gasteiger partial charge is 0.346 e. The van der Waals surface area contributed by atoms with Crippen molar-refractivity contribution in [2.45, 2.75) is 26.4 Å². The highest BCUT2D eigenvalue weighted by molar-refractivity contribution is 7.20. The average Bonchev–Trinajstić information content (AvgIpc) is 3.01. The van der Waals surface area contributed by atoms with Gasteiger partial charge in [-0.25, -0.2) is 9.78 Å². The maximum Gasteiger partial charge on any atom is 0.346 e. The molecule has 0 saturated carbocycles. The van der Waals surface area contributed by atoms with Crippen molar-refractivity contribution in [2.24, 2.45) is 0 Å². The van der Waals surface area contributed by atoms with Crippen LogP contribution in [0.1, 0.15) is 26.4 Å². The van der Waals surface area contributed by atoms with E-state index in [0.717, 1.165) is 23.3 Å². The van der Waals surface area contributed by atoms with Gasteiger partial charge in [0.1, 0.15) is 16.3 Å². The molecule has 1 aliphatic heterocycles. The predicted molar refractivity (Wildman–Crippen MR) is 101 cm³/mol. The van der Waals surface area contributed by atoms with Gasteiger partial charge >= 0.3 is 5.97 Å². The monoisotopic (exact) mass is 383 g/mol. The lowest BCUT2D eigenvalue weighted by Crippen LogP contribution is -2.39. The molecular weight excluding hydrogens is 366 g/mol. The lowest BCUT2D eigenvalue weighted by molar-refractivity contribution is -0.132. The summed E-state index contributed by atoms with van der Waals surface area (Å²) >= 11 is 0.975. The van der Waals surface area contributed by atoms with E-state index >= 15 is 0 Å². The van der Waals surface area contributed by atoms with Gasteiger partial charge in [0.2, 0.25) is 5.91 Å². The van der Waals surface area contributed by atoms with Crippen LogP contribution in [-0.4, -0.2) is 38.0 Å². The number of benzene rings is 1. The molecule has 4 rings (SSSR count). The van der Waals surface area contributed by atoms with Crippen molar-refractivity contribution in [2.75, 3.05) is 6.54 Å². The van der Waals surface area contributed by atoms with Gasteiger partial charge in [-0.15, -0.1) is 11.3 Å². The fraction of sp³-hybridized carbons (Fsp3) is 0.263. The van der Waals surface area contributed by atoms with E-state index < -0.39 is 5.97 Å². The quantitative estimate of drug-likeness (QED) is 0.747. The predicted octanol–water partition coefficient (Wildman–Crippen LogP) is 2.05. The second-order valence-corrected chi connectivity index (χ2v) is 7.55. The van der Waals surface area contributed by atoms with Gasteiger partial charge in [-0.1, -0.05) is 24.3 Å². The number of hydrogen-bond acceptors (Lipinski definition) is 5. The van der Waals surface area contributed by atoms with Gasteiger partial charge in [-0.3, -0.25) is 14.2 Å². The molecule has 1 amide bonds. The molecule has 3 aromatic rings. The Kier molecular flexibility index (Phi) is 4.27. The van der Waals surface area contributed by atoms with E-state index in [2.05, 4.69) is 11.1 Å². The number of thiophene rings is 1. The lowest BCUT2D eigenvalue weighted by Gasteiger charge is -2.29. The number of hydrogen-bond donors (Lipinski definition) is 1. The summed E-state index contributed by atoms with van der Waals surface area (Å²) in [5.41, 5.74) is 2.38. The van der Waals surface area contributed by atoms with Crippen LogP contribution in [0.25, 0.3) is 10.2 Å². The number of carboxylic acids is 1. The summed E-state index contributed by atoms with van der Waals surface area (Å²) in [7, 11) is 0. The van der Waals surface area contributed by atoms with Crippen molar-refractivity contribution in [1.82, 2.24) is 14.5 Å². The average molecular weight is 383 g/mol. The number of carbonyl (C=O) groups is 2. The first kappa shape index (κ1) is 17.4. The molecule has 0 unspecified atom stereocenters. The lowest BCUT2D eigenvalue weighted by atomic mass is 10.00. The van der Waals surface area contributed by atoms with E-state index in [4.69, 9.17) is 0 Å². The molecule has 1 aliphatic rings. The number of nitrogens with zero attached hydrogens (tertiary/aromatic N) is 3. The van der Waals surface area contributed by atoms with E-state index in [9.17, 15) is 19.5 Å². The van der Waals surface area contributed by atoms with Crippen LogP contribution in [0.3, 0.4) is 0 Å². The van der Waals surface area contributed by atoms with E-state index in [1.54, 1.807) is 11.8 Å². The number of amides is 1. The molecule has 0 atom stereocenters. The summed E-state index contributed by atoms with van der Waals surface area (Å²) in [4.78, 5) is 43.2. The zero-order chi connectivity index (χ0) is 19.1. The Labute approximate surface area is 158 Å². The Morgan fingerprint density at radius 2 is 2.00 bits per heavy atom. The van der Waals surface area contributed by atoms with Gasteiger partial charge in [-0.2, -0.15) is 0 Å². The van der Waals surface area contributed by atoms with Crippen LogP contribution in [0.4, 0.5) is 0 Å². The maximum absolute atomic E-state index is 12.8. The minimum atomic E-state index is -1.08. The molecule has 138 valence electrons. The second-order valence-electron chi connectivity index (χ2n) is 6.55. The number of rotatable bonds is 3. The third kappa shape index (κ3) is 3.02. The molecule has 2 aromatic heterocycles. The van der Waals surface area contributed by atoms with Crippen LogP contribution in [0.15, 0.2) is 35.4 Å². The molecule has 8 heteroatoms. The Hall–Kier alpha value is -3.00. The summed E-state index contributed by atoms with van der Waals surface area (Å²) in [6, 6.07) is 8.02. The van der Waals surface area contributed by atoms with E-state index in [0.29, 0.717) is 23.5 Å². The van der Waals surface area contributed by atoms with Gasteiger partial charge in [0.15, 0.2) is 0 Å². The van der Waals surface area contributed by atoms with Crippen LogP contribution in [0.5, 0.6) is 0 Å². The largest absolute Gasteiger partial charge is 0.477 e. The topological polar surface area (TPSA) is 92.5 Å². The minimum Gasteiger partial charge on any atom is -0.477 e. The molecule has 1 N–H and O–H groups in total. The molecular formula is C19H17N3O4S.